The summed E-state index contributed by atoms with van der Waals surface area (Å²) in [4.78, 5) is 11.2. The Hall–Kier alpha value is -2.90. The fourth-order valence-corrected chi connectivity index (χ4v) is 3.76. The number of ether oxygens (including phenoxy) is 3. The predicted molar refractivity (Wildman–Crippen MR) is 118 cm³/mol. The number of nitrogens with one attached hydrogen (secondary N) is 2. The summed E-state index contributed by atoms with van der Waals surface area (Å²) in [6.07, 6.45) is 1.06. The third-order valence-corrected chi connectivity index (χ3v) is 5.43. The van der Waals surface area contributed by atoms with Crippen LogP contribution in [0.5, 0.6) is 11.5 Å². The Morgan fingerprint density at radius 1 is 1.00 bits per heavy atom. The lowest BCUT2D eigenvalue weighted by Crippen LogP contribution is -3.14. The van der Waals surface area contributed by atoms with Crippen molar-refractivity contribution in [3.05, 3.63) is 42.5 Å². The van der Waals surface area contributed by atoms with Crippen molar-refractivity contribution in [3.63, 3.8) is 0 Å². The minimum atomic E-state index is 0.657. The third kappa shape index (κ3) is 4.63. The van der Waals surface area contributed by atoms with E-state index in [0.717, 1.165) is 68.1 Å². The van der Waals surface area contributed by atoms with E-state index >= 15 is 0 Å². The van der Waals surface area contributed by atoms with E-state index in [1.54, 1.807) is 19.1 Å². The molecule has 0 saturated carbocycles. The average Bonchev–Trinajstić information content (AvgIpc) is 2.81. The van der Waals surface area contributed by atoms with Gasteiger partial charge in [0.25, 0.3) is 0 Å². The van der Waals surface area contributed by atoms with Gasteiger partial charge in [-0.15, -0.1) is 0 Å². The molecular formula is C23H29N4O3+. The van der Waals surface area contributed by atoms with E-state index in [4.69, 9.17) is 24.2 Å². The van der Waals surface area contributed by atoms with Crippen molar-refractivity contribution in [2.24, 2.45) is 0 Å². The Kier molecular flexibility index (Phi) is 6.61. The summed E-state index contributed by atoms with van der Waals surface area (Å²) in [5.74, 6) is 2.83. The molecule has 0 unspecified atom stereocenters. The average molecular weight is 410 g/mol. The summed E-state index contributed by atoms with van der Waals surface area (Å²) >= 11 is 0. The first-order valence-corrected chi connectivity index (χ1v) is 10.4. The van der Waals surface area contributed by atoms with Crippen molar-refractivity contribution in [3.8, 4) is 22.9 Å². The molecule has 1 aliphatic heterocycles. The molecule has 0 atom stereocenters. The second kappa shape index (κ2) is 9.73. The molecule has 2 N–H and O–H groups in total. The highest BCUT2D eigenvalue weighted by molar-refractivity contribution is 5.93. The zero-order chi connectivity index (χ0) is 20.8. The van der Waals surface area contributed by atoms with Crippen molar-refractivity contribution in [2.75, 3.05) is 58.9 Å². The third-order valence-electron chi connectivity index (χ3n) is 5.43. The quantitative estimate of drug-likeness (QED) is 0.555. The number of hydrogen-bond donors (Lipinski definition) is 2. The molecule has 1 aliphatic rings. The lowest BCUT2D eigenvalue weighted by molar-refractivity contribution is -0.908. The summed E-state index contributed by atoms with van der Waals surface area (Å²) < 4.78 is 16.4. The maximum atomic E-state index is 5.50. The molecule has 4 rings (SSSR count). The summed E-state index contributed by atoms with van der Waals surface area (Å²) in [5, 5.41) is 4.46. The van der Waals surface area contributed by atoms with E-state index in [2.05, 4.69) is 5.32 Å². The summed E-state index contributed by atoms with van der Waals surface area (Å²) in [5.41, 5.74) is 1.80. The molecule has 3 aromatic rings. The van der Waals surface area contributed by atoms with Crippen LogP contribution in [0.1, 0.15) is 6.42 Å². The van der Waals surface area contributed by atoms with Crippen molar-refractivity contribution in [1.82, 2.24) is 9.97 Å². The van der Waals surface area contributed by atoms with E-state index in [0.29, 0.717) is 17.3 Å². The van der Waals surface area contributed by atoms with Crippen LogP contribution in [0.2, 0.25) is 0 Å². The van der Waals surface area contributed by atoms with Crippen LogP contribution in [0, 0.1) is 0 Å². The predicted octanol–water partition coefficient (Wildman–Crippen LogP) is 2.03. The molecule has 7 nitrogen and oxygen atoms in total. The van der Waals surface area contributed by atoms with Crippen LogP contribution in [0.3, 0.4) is 0 Å². The first kappa shape index (κ1) is 20.4. The number of benzene rings is 2. The van der Waals surface area contributed by atoms with Gasteiger partial charge in [-0.3, -0.25) is 0 Å². The van der Waals surface area contributed by atoms with Crippen LogP contribution in [0.4, 0.5) is 5.82 Å². The van der Waals surface area contributed by atoms with Gasteiger partial charge in [0.05, 0.1) is 39.5 Å². The van der Waals surface area contributed by atoms with Crippen LogP contribution in [-0.2, 0) is 4.74 Å². The van der Waals surface area contributed by atoms with Crippen LogP contribution in [0.25, 0.3) is 22.3 Å². The molecular weight excluding hydrogens is 380 g/mol. The molecule has 0 bridgehead atoms. The number of quaternary nitrogens is 1. The number of rotatable bonds is 8. The van der Waals surface area contributed by atoms with Gasteiger partial charge in [-0.25, -0.2) is 9.97 Å². The number of morpholine rings is 1. The van der Waals surface area contributed by atoms with E-state index in [-0.39, 0.29) is 0 Å². The van der Waals surface area contributed by atoms with Crippen molar-refractivity contribution >= 4 is 16.7 Å². The van der Waals surface area contributed by atoms with Crippen LogP contribution < -0.4 is 19.7 Å². The Morgan fingerprint density at radius 3 is 2.47 bits per heavy atom. The molecule has 7 heteroatoms. The lowest BCUT2D eigenvalue weighted by atomic mass is 10.1. The summed E-state index contributed by atoms with van der Waals surface area (Å²) in [7, 11) is 3.28. The molecule has 0 amide bonds. The number of nitrogens with zero attached hydrogens (tertiary/aromatic N) is 2. The molecule has 0 aliphatic carbocycles. The van der Waals surface area contributed by atoms with Gasteiger partial charge >= 0.3 is 0 Å². The van der Waals surface area contributed by atoms with Gasteiger partial charge in [0.2, 0.25) is 0 Å². The zero-order valence-electron chi connectivity index (χ0n) is 17.6. The maximum absolute atomic E-state index is 5.50. The van der Waals surface area contributed by atoms with Crippen LogP contribution in [0.15, 0.2) is 42.5 Å². The zero-order valence-corrected chi connectivity index (χ0v) is 17.6. The normalized spacial score (nSPS) is 14.6. The van der Waals surface area contributed by atoms with E-state index < -0.39 is 0 Å². The smallest absolute Gasteiger partial charge is 0.162 e. The molecule has 2 aromatic carbocycles. The number of anilines is 1. The second-order valence-corrected chi connectivity index (χ2v) is 7.38. The molecule has 2 heterocycles. The Morgan fingerprint density at radius 2 is 1.73 bits per heavy atom. The van der Waals surface area contributed by atoms with Gasteiger partial charge in [0, 0.05) is 30.0 Å². The minimum absolute atomic E-state index is 0.657. The van der Waals surface area contributed by atoms with E-state index in [1.807, 2.05) is 42.5 Å². The molecule has 0 spiro atoms. The molecule has 1 aromatic heterocycles. The molecule has 30 heavy (non-hydrogen) atoms. The Balaban J connectivity index is 1.61. The van der Waals surface area contributed by atoms with Crippen molar-refractivity contribution < 1.29 is 19.1 Å². The van der Waals surface area contributed by atoms with Gasteiger partial charge < -0.3 is 24.4 Å². The minimum Gasteiger partial charge on any atom is -0.493 e. The monoisotopic (exact) mass is 409 g/mol. The van der Waals surface area contributed by atoms with E-state index in [9.17, 15) is 0 Å². The summed E-state index contributed by atoms with van der Waals surface area (Å²) in [6.45, 7) is 5.88. The highest BCUT2D eigenvalue weighted by atomic mass is 16.5. The molecule has 1 fully saturated rings. The molecule has 0 radical (unpaired) electrons. The lowest BCUT2D eigenvalue weighted by Gasteiger charge is -2.23. The standard InChI is InChI=1S/C23H28N4O3/c1-28-20-15-18-19(16-21(20)29-2)25-22(17-7-4-3-5-8-17)26-23(18)24-9-6-10-27-11-13-30-14-12-27/h3-5,7-8,15-16H,6,9-14H2,1-2H3,(H,24,25,26)/p+1. The van der Waals surface area contributed by atoms with Gasteiger partial charge in [-0.2, -0.15) is 0 Å². The molecule has 158 valence electrons. The van der Waals surface area contributed by atoms with Gasteiger partial charge in [0.15, 0.2) is 17.3 Å². The van der Waals surface area contributed by atoms with Crippen LogP contribution >= 0.6 is 0 Å². The number of aromatic nitrogens is 2. The second-order valence-electron chi connectivity index (χ2n) is 7.38. The number of fused-ring (bicyclic) bond motifs is 1. The fourth-order valence-electron chi connectivity index (χ4n) is 3.76. The maximum Gasteiger partial charge on any atom is 0.162 e. The van der Waals surface area contributed by atoms with Crippen molar-refractivity contribution in [2.45, 2.75) is 6.42 Å². The first-order valence-electron chi connectivity index (χ1n) is 10.4. The topological polar surface area (TPSA) is 69.9 Å². The van der Waals surface area contributed by atoms with Crippen LogP contribution in [-0.4, -0.2) is 63.6 Å². The Labute approximate surface area is 177 Å². The highest BCUT2D eigenvalue weighted by Crippen LogP contribution is 2.35. The fraction of sp³-hybridized carbons (Fsp3) is 0.391. The SMILES string of the molecule is COc1cc2nc(-c3ccccc3)nc(NCCC[NH+]3CCOCC3)c2cc1OC. The first-order chi connectivity index (χ1) is 14.8. The number of methoxy groups -OCH3 is 2. The molecule has 1 saturated heterocycles. The Bertz CT molecular complexity index is 975. The van der Waals surface area contributed by atoms with Gasteiger partial charge in [-0.1, -0.05) is 30.3 Å². The summed E-state index contributed by atoms with van der Waals surface area (Å²) in [6, 6.07) is 13.9. The van der Waals surface area contributed by atoms with E-state index in [1.165, 1.54) is 0 Å². The highest BCUT2D eigenvalue weighted by Gasteiger charge is 2.15. The van der Waals surface area contributed by atoms with Crippen molar-refractivity contribution in [1.29, 1.82) is 0 Å². The van der Waals surface area contributed by atoms with Gasteiger partial charge in [-0.05, 0) is 6.07 Å². The van der Waals surface area contributed by atoms with Gasteiger partial charge in [0.1, 0.15) is 18.9 Å². The largest absolute Gasteiger partial charge is 0.493 e. The number of hydrogen-bond acceptors (Lipinski definition) is 6.